The van der Waals surface area contributed by atoms with Gasteiger partial charge in [-0.05, 0) is 15.9 Å². The first-order valence-corrected chi connectivity index (χ1v) is 6.71. The summed E-state index contributed by atoms with van der Waals surface area (Å²) in [6.07, 6.45) is 3.59. The summed E-state index contributed by atoms with van der Waals surface area (Å²) in [6, 6.07) is 9.09. The van der Waals surface area contributed by atoms with E-state index in [1.54, 1.807) is 29.2 Å². The maximum atomic E-state index is 11.5. The molecule has 0 unspecified atom stereocenters. The number of aromatic nitrogens is 2. The Morgan fingerprint density at radius 2 is 2.15 bits per heavy atom. The van der Waals surface area contributed by atoms with E-state index in [0.717, 1.165) is 4.47 Å². The lowest BCUT2D eigenvalue weighted by Crippen LogP contribution is -2.15. The largest absolute Gasteiger partial charge is 0.380 e. The molecule has 0 radical (unpaired) electrons. The number of rotatable bonds is 5. The van der Waals surface area contributed by atoms with Crippen molar-refractivity contribution in [2.45, 2.75) is 13.0 Å². The number of oxime groups is 1. The monoisotopic (exact) mass is 336 g/mol. The molecule has 0 amide bonds. The van der Waals surface area contributed by atoms with Crippen molar-refractivity contribution in [2.75, 3.05) is 0 Å². The van der Waals surface area contributed by atoms with Gasteiger partial charge in [0.15, 0.2) is 5.84 Å². The highest BCUT2D eigenvalue weighted by Gasteiger charge is 2.05. The topological polar surface area (TPSA) is 82.5 Å². The van der Waals surface area contributed by atoms with Crippen molar-refractivity contribution in [1.82, 2.24) is 9.78 Å². The summed E-state index contributed by atoms with van der Waals surface area (Å²) in [5.41, 5.74) is 6.41. The minimum absolute atomic E-state index is 0.166. The number of aryl methyl sites for hydroxylation is 1. The number of nitrogens with two attached hydrogens (primary N) is 1. The second-order valence-electron chi connectivity index (χ2n) is 3.98. The van der Waals surface area contributed by atoms with Crippen LogP contribution in [-0.4, -0.2) is 21.6 Å². The molecular formula is C13H13BrN4O2. The summed E-state index contributed by atoms with van der Waals surface area (Å²) in [4.78, 5) is 16.3. The van der Waals surface area contributed by atoms with E-state index >= 15 is 0 Å². The average molecular weight is 337 g/mol. The van der Waals surface area contributed by atoms with Gasteiger partial charge in [-0.2, -0.15) is 5.10 Å². The molecule has 1 aromatic carbocycles. The zero-order valence-electron chi connectivity index (χ0n) is 10.6. The molecule has 0 bridgehead atoms. The molecule has 0 fully saturated rings. The van der Waals surface area contributed by atoms with Crippen LogP contribution in [0.5, 0.6) is 0 Å². The van der Waals surface area contributed by atoms with Crippen molar-refractivity contribution in [3.63, 3.8) is 0 Å². The zero-order chi connectivity index (χ0) is 14.4. The molecular weight excluding hydrogens is 324 g/mol. The summed E-state index contributed by atoms with van der Waals surface area (Å²) in [6.45, 7) is 0.422. The van der Waals surface area contributed by atoms with Crippen molar-refractivity contribution in [1.29, 1.82) is 0 Å². The molecule has 0 aliphatic rings. The molecule has 20 heavy (non-hydrogen) atoms. The fourth-order valence-corrected chi connectivity index (χ4v) is 1.80. The lowest BCUT2D eigenvalue weighted by atomic mass is 10.2. The Labute approximate surface area is 124 Å². The van der Waals surface area contributed by atoms with Crippen LogP contribution in [0.4, 0.5) is 0 Å². The summed E-state index contributed by atoms with van der Waals surface area (Å²) in [5, 5.41) is 7.65. The lowest BCUT2D eigenvalue weighted by Gasteiger charge is -2.01. The van der Waals surface area contributed by atoms with E-state index < -0.39 is 5.97 Å². The number of halogens is 1. The van der Waals surface area contributed by atoms with Gasteiger partial charge in [0.2, 0.25) is 0 Å². The van der Waals surface area contributed by atoms with Crippen molar-refractivity contribution in [3.05, 3.63) is 52.8 Å². The number of hydrogen-bond donors (Lipinski definition) is 1. The lowest BCUT2D eigenvalue weighted by molar-refractivity contribution is -0.143. The van der Waals surface area contributed by atoms with Crippen LogP contribution in [0.3, 0.4) is 0 Å². The van der Waals surface area contributed by atoms with Gasteiger partial charge in [-0.15, -0.1) is 0 Å². The van der Waals surface area contributed by atoms with E-state index in [4.69, 9.17) is 10.6 Å². The van der Waals surface area contributed by atoms with Gasteiger partial charge in [-0.25, -0.2) is 4.79 Å². The van der Waals surface area contributed by atoms with Crippen LogP contribution >= 0.6 is 15.9 Å². The SMILES string of the molecule is N/C(=N\OC(=O)CCn1cc(Br)cn1)c1ccccc1. The predicted molar refractivity (Wildman–Crippen MR) is 77.8 cm³/mol. The van der Waals surface area contributed by atoms with Gasteiger partial charge in [0.1, 0.15) is 0 Å². The molecule has 0 aliphatic heterocycles. The number of carbonyl (C=O) groups is 1. The molecule has 2 rings (SSSR count). The van der Waals surface area contributed by atoms with Crippen LogP contribution in [0.1, 0.15) is 12.0 Å². The minimum Gasteiger partial charge on any atom is -0.380 e. The van der Waals surface area contributed by atoms with E-state index in [1.807, 2.05) is 18.2 Å². The van der Waals surface area contributed by atoms with Crippen molar-refractivity contribution in [2.24, 2.45) is 10.9 Å². The van der Waals surface area contributed by atoms with Gasteiger partial charge in [0, 0.05) is 11.8 Å². The van der Waals surface area contributed by atoms with Crippen molar-refractivity contribution >= 4 is 27.7 Å². The highest BCUT2D eigenvalue weighted by molar-refractivity contribution is 9.10. The number of benzene rings is 1. The number of amidine groups is 1. The molecule has 6 nitrogen and oxygen atoms in total. The van der Waals surface area contributed by atoms with E-state index in [9.17, 15) is 4.79 Å². The van der Waals surface area contributed by atoms with E-state index in [2.05, 4.69) is 26.2 Å². The Bertz CT molecular complexity index is 610. The van der Waals surface area contributed by atoms with Crippen LogP contribution in [0.25, 0.3) is 0 Å². The van der Waals surface area contributed by atoms with Gasteiger partial charge in [-0.1, -0.05) is 35.5 Å². The first-order chi connectivity index (χ1) is 9.65. The molecule has 0 spiro atoms. The highest BCUT2D eigenvalue weighted by Crippen LogP contribution is 2.06. The predicted octanol–water partition coefficient (Wildman–Crippen LogP) is 1.90. The van der Waals surface area contributed by atoms with Crippen LogP contribution in [0.2, 0.25) is 0 Å². The minimum atomic E-state index is -0.462. The number of nitrogens with zero attached hydrogens (tertiary/aromatic N) is 3. The maximum Gasteiger partial charge on any atom is 0.336 e. The van der Waals surface area contributed by atoms with Crippen LogP contribution in [-0.2, 0) is 16.2 Å². The van der Waals surface area contributed by atoms with E-state index in [1.165, 1.54) is 0 Å². The Balaban J connectivity index is 1.83. The Hall–Kier alpha value is -2.15. The summed E-state index contributed by atoms with van der Waals surface area (Å²) >= 11 is 3.28. The number of carbonyl (C=O) groups excluding carboxylic acids is 1. The second kappa shape index (κ2) is 6.85. The average Bonchev–Trinajstić information content (AvgIpc) is 2.89. The fraction of sp³-hybridized carbons (Fsp3) is 0.154. The highest BCUT2D eigenvalue weighted by atomic mass is 79.9. The molecule has 7 heteroatoms. The van der Waals surface area contributed by atoms with E-state index in [-0.39, 0.29) is 12.3 Å². The molecule has 2 N–H and O–H groups in total. The third-order valence-electron chi connectivity index (χ3n) is 2.46. The normalized spacial score (nSPS) is 11.3. The van der Waals surface area contributed by atoms with Gasteiger partial charge in [0.05, 0.1) is 23.6 Å². The Kier molecular flexibility index (Phi) is 4.89. The molecule has 2 aromatic rings. The zero-order valence-corrected chi connectivity index (χ0v) is 12.2. The first-order valence-electron chi connectivity index (χ1n) is 5.92. The smallest absolute Gasteiger partial charge is 0.336 e. The number of hydrogen-bond acceptors (Lipinski definition) is 4. The molecule has 0 atom stereocenters. The van der Waals surface area contributed by atoms with Crippen molar-refractivity contribution in [3.8, 4) is 0 Å². The maximum absolute atomic E-state index is 11.5. The van der Waals surface area contributed by atoms with Gasteiger partial charge in [0.25, 0.3) is 0 Å². The van der Waals surface area contributed by atoms with Crippen LogP contribution < -0.4 is 5.73 Å². The molecule has 104 valence electrons. The van der Waals surface area contributed by atoms with Crippen molar-refractivity contribution < 1.29 is 9.63 Å². The summed E-state index contributed by atoms with van der Waals surface area (Å²) in [5.74, 6) is -0.295. The van der Waals surface area contributed by atoms with Gasteiger partial charge in [-0.3, -0.25) is 4.68 Å². The molecule has 1 heterocycles. The second-order valence-corrected chi connectivity index (χ2v) is 4.89. The van der Waals surface area contributed by atoms with Gasteiger partial charge >= 0.3 is 5.97 Å². The Morgan fingerprint density at radius 1 is 1.40 bits per heavy atom. The first kappa shape index (κ1) is 14.3. The van der Waals surface area contributed by atoms with Crippen LogP contribution in [0, 0.1) is 0 Å². The molecule has 0 saturated carbocycles. The van der Waals surface area contributed by atoms with Gasteiger partial charge < -0.3 is 10.6 Å². The third kappa shape index (κ3) is 4.20. The van der Waals surface area contributed by atoms with E-state index in [0.29, 0.717) is 12.1 Å². The van der Waals surface area contributed by atoms with Crippen LogP contribution in [0.15, 0.2) is 52.4 Å². The quantitative estimate of drug-likeness (QED) is 0.391. The summed E-state index contributed by atoms with van der Waals surface area (Å²) < 4.78 is 2.49. The fourth-order valence-electron chi connectivity index (χ4n) is 1.47. The third-order valence-corrected chi connectivity index (χ3v) is 2.87. The molecule has 1 aromatic heterocycles. The Morgan fingerprint density at radius 3 is 2.80 bits per heavy atom. The summed E-state index contributed by atoms with van der Waals surface area (Å²) in [7, 11) is 0. The molecule has 0 saturated heterocycles. The molecule has 0 aliphatic carbocycles. The standard InChI is InChI=1S/C13H13BrN4O2/c14-11-8-16-18(9-11)7-6-12(19)20-17-13(15)10-4-2-1-3-5-10/h1-5,8-9H,6-7H2,(H2,15,17).